The van der Waals surface area contributed by atoms with Crippen molar-refractivity contribution < 1.29 is 19.0 Å². The SMILES string of the molecule is COC(=O)c1cc(I)c(Oc2ccc(OC)cc2)c(I)c1C. The van der Waals surface area contributed by atoms with Crippen LogP contribution in [0.1, 0.15) is 15.9 Å². The fraction of sp³-hybridized carbons (Fsp3) is 0.188. The molecule has 22 heavy (non-hydrogen) atoms. The van der Waals surface area contributed by atoms with Crippen molar-refractivity contribution in [2.24, 2.45) is 0 Å². The number of halogens is 2. The van der Waals surface area contributed by atoms with Gasteiger partial charge < -0.3 is 14.2 Å². The molecule has 0 unspecified atom stereocenters. The van der Waals surface area contributed by atoms with Gasteiger partial charge >= 0.3 is 5.97 Å². The van der Waals surface area contributed by atoms with E-state index in [4.69, 9.17) is 14.2 Å². The lowest BCUT2D eigenvalue weighted by atomic mass is 10.1. The van der Waals surface area contributed by atoms with E-state index in [1.165, 1.54) is 7.11 Å². The summed E-state index contributed by atoms with van der Waals surface area (Å²) in [6.07, 6.45) is 0. The van der Waals surface area contributed by atoms with Gasteiger partial charge in [-0.2, -0.15) is 0 Å². The molecule has 2 aromatic rings. The van der Waals surface area contributed by atoms with E-state index in [1.807, 2.05) is 31.2 Å². The standard InChI is InChI=1S/C16H14I2O4/c1-9-12(16(19)21-3)8-13(17)15(14(9)18)22-11-6-4-10(20-2)5-7-11/h4-8H,1-3H3. The molecule has 0 aliphatic carbocycles. The monoisotopic (exact) mass is 524 g/mol. The van der Waals surface area contributed by atoms with E-state index in [9.17, 15) is 4.79 Å². The van der Waals surface area contributed by atoms with Crippen LogP contribution in [0.25, 0.3) is 0 Å². The van der Waals surface area contributed by atoms with Crippen LogP contribution in [0, 0.1) is 14.1 Å². The van der Waals surface area contributed by atoms with Crippen molar-refractivity contribution in [2.45, 2.75) is 6.92 Å². The summed E-state index contributed by atoms with van der Waals surface area (Å²) in [5, 5.41) is 0. The molecule has 2 aromatic carbocycles. The number of hydrogen-bond acceptors (Lipinski definition) is 4. The van der Waals surface area contributed by atoms with Gasteiger partial charge in [0.05, 0.1) is 26.9 Å². The number of esters is 1. The molecule has 0 aliphatic rings. The van der Waals surface area contributed by atoms with E-state index in [-0.39, 0.29) is 5.97 Å². The van der Waals surface area contributed by atoms with E-state index >= 15 is 0 Å². The third kappa shape index (κ3) is 3.65. The summed E-state index contributed by atoms with van der Waals surface area (Å²) in [4.78, 5) is 11.8. The molecule has 2 rings (SSSR count). The van der Waals surface area contributed by atoms with E-state index in [0.717, 1.165) is 24.2 Å². The van der Waals surface area contributed by atoms with Crippen molar-refractivity contribution >= 4 is 51.2 Å². The predicted molar refractivity (Wildman–Crippen MR) is 101 cm³/mol. The van der Waals surface area contributed by atoms with E-state index in [0.29, 0.717) is 11.3 Å². The lowest BCUT2D eigenvalue weighted by Crippen LogP contribution is -2.07. The maximum absolute atomic E-state index is 11.8. The van der Waals surface area contributed by atoms with Crippen molar-refractivity contribution in [2.75, 3.05) is 14.2 Å². The Bertz CT molecular complexity index is 696. The van der Waals surface area contributed by atoms with Crippen LogP contribution >= 0.6 is 45.2 Å². The topological polar surface area (TPSA) is 44.8 Å². The molecule has 0 spiro atoms. The Morgan fingerprint density at radius 1 is 1.05 bits per heavy atom. The summed E-state index contributed by atoms with van der Waals surface area (Å²) in [6, 6.07) is 9.14. The molecular formula is C16H14I2O4. The van der Waals surface area contributed by atoms with Crippen molar-refractivity contribution in [3.63, 3.8) is 0 Å². The zero-order chi connectivity index (χ0) is 16.3. The van der Waals surface area contributed by atoms with Gasteiger partial charge in [-0.05, 0) is 88.0 Å². The maximum Gasteiger partial charge on any atom is 0.338 e. The van der Waals surface area contributed by atoms with Crippen molar-refractivity contribution in [1.29, 1.82) is 0 Å². The number of ether oxygens (including phenoxy) is 3. The predicted octanol–water partition coefficient (Wildman–Crippen LogP) is 4.79. The highest BCUT2D eigenvalue weighted by Gasteiger charge is 2.19. The first-order valence-corrected chi connectivity index (χ1v) is 8.52. The summed E-state index contributed by atoms with van der Waals surface area (Å²) in [6.45, 7) is 1.88. The van der Waals surface area contributed by atoms with E-state index in [1.54, 1.807) is 13.2 Å². The van der Waals surface area contributed by atoms with Crippen molar-refractivity contribution in [3.8, 4) is 17.2 Å². The molecular weight excluding hydrogens is 510 g/mol. The van der Waals surface area contributed by atoms with Gasteiger partial charge in [-0.3, -0.25) is 0 Å². The Morgan fingerprint density at radius 3 is 2.18 bits per heavy atom. The normalized spacial score (nSPS) is 10.2. The minimum atomic E-state index is -0.343. The third-order valence-electron chi connectivity index (χ3n) is 3.11. The van der Waals surface area contributed by atoms with Gasteiger partial charge in [-0.25, -0.2) is 4.79 Å². The fourth-order valence-electron chi connectivity index (χ4n) is 1.87. The van der Waals surface area contributed by atoms with E-state index in [2.05, 4.69) is 45.2 Å². The van der Waals surface area contributed by atoms with Gasteiger partial charge in [0.25, 0.3) is 0 Å². The summed E-state index contributed by atoms with van der Waals surface area (Å²) >= 11 is 4.34. The number of methoxy groups -OCH3 is 2. The Hall–Kier alpha value is -1.03. The number of benzene rings is 2. The van der Waals surface area contributed by atoms with Crippen LogP contribution in [-0.2, 0) is 4.74 Å². The zero-order valence-electron chi connectivity index (χ0n) is 12.3. The van der Waals surface area contributed by atoms with Crippen molar-refractivity contribution in [1.82, 2.24) is 0 Å². The second-order valence-electron chi connectivity index (χ2n) is 4.44. The van der Waals surface area contributed by atoms with Crippen LogP contribution in [-0.4, -0.2) is 20.2 Å². The Labute approximate surface area is 156 Å². The summed E-state index contributed by atoms with van der Waals surface area (Å²) < 4.78 is 17.6. The average Bonchev–Trinajstić information content (AvgIpc) is 2.54. The Kier molecular flexibility index (Phi) is 5.90. The number of carbonyl (C=O) groups is 1. The molecule has 0 radical (unpaired) electrons. The smallest absolute Gasteiger partial charge is 0.338 e. The minimum absolute atomic E-state index is 0.343. The molecule has 4 nitrogen and oxygen atoms in total. The molecule has 0 bridgehead atoms. The van der Waals surface area contributed by atoms with Gasteiger partial charge in [0, 0.05) is 0 Å². The number of hydrogen-bond donors (Lipinski definition) is 0. The number of carbonyl (C=O) groups excluding carboxylic acids is 1. The summed E-state index contributed by atoms with van der Waals surface area (Å²) in [5.41, 5.74) is 1.40. The zero-order valence-corrected chi connectivity index (χ0v) is 16.6. The maximum atomic E-state index is 11.8. The Balaban J connectivity index is 2.39. The highest BCUT2D eigenvalue weighted by atomic mass is 127. The molecule has 0 saturated heterocycles. The molecule has 0 atom stereocenters. The molecule has 0 amide bonds. The second kappa shape index (κ2) is 7.49. The number of rotatable bonds is 4. The summed E-state index contributed by atoms with van der Waals surface area (Å²) in [5.74, 6) is 1.87. The molecule has 0 saturated carbocycles. The molecule has 116 valence electrons. The first-order chi connectivity index (χ1) is 10.5. The van der Waals surface area contributed by atoms with Crippen LogP contribution in [0.3, 0.4) is 0 Å². The van der Waals surface area contributed by atoms with Gasteiger partial charge in [0.15, 0.2) is 5.75 Å². The average molecular weight is 524 g/mol. The lowest BCUT2D eigenvalue weighted by Gasteiger charge is -2.14. The quantitative estimate of drug-likeness (QED) is 0.427. The highest BCUT2D eigenvalue weighted by Crippen LogP contribution is 2.36. The first kappa shape index (κ1) is 17.3. The van der Waals surface area contributed by atoms with Crippen LogP contribution in [0.5, 0.6) is 17.2 Å². The van der Waals surface area contributed by atoms with Gasteiger partial charge in [-0.1, -0.05) is 0 Å². The second-order valence-corrected chi connectivity index (χ2v) is 6.68. The van der Waals surface area contributed by atoms with Gasteiger partial charge in [0.1, 0.15) is 11.5 Å². The molecule has 0 N–H and O–H groups in total. The minimum Gasteiger partial charge on any atom is -0.497 e. The molecule has 0 fully saturated rings. The largest absolute Gasteiger partial charge is 0.497 e. The fourth-order valence-corrected chi connectivity index (χ4v) is 3.77. The van der Waals surface area contributed by atoms with Crippen LogP contribution in [0.15, 0.2) is 30.3 Å². The first-order valence-electron chi connectivity index (χ1n) is 6.36. The summed E-state index contributed by atoms with van der Waals surface area (Å²) in [7, 11) is 3.00. The van der Waals surface area contributed by atoms with Gasteiger partial charge in [-0.15, -0.1) is 0 Å². The lowest BCUT2D eigenvalue weighted by molar-refractivity contribution is 0.0599. The molecule has 0 aliphatic heterocycles. The van der Waals surface area contributed by atoms with Crippen molar-refractivity contribution in [3.05, 3.63) is 48.6 Å². The molecule has 0 heterocycles. The van der Waals surface area contributed by atoms with Crippen LogP contribution in [0.4, 0.5) is 0 Å². The van der Waals surface area contributed by atoms with Crippen LogP contribution in [0.2, 0.25) is 0 Å². The Morgan fingerprint density at radius 2 is 1.64 bits per heavy atom. The molecule has 6 heteroatoms. The third-order valence-corrected chi connectivity index (χ3v) is 5.21. The van der Waals surface area contributed by atoms with Gasteiger partial charge in [0.2, 0.25) is 0 Å². The van der Waals surface area contributed by atoms with E-state index < -0.39 is 0 Å². The highest BCUT2D eigenvalue weighted by molar-refractivity contribution is 14.1. The molecule has 0 aromatic heterocycles. The van der Waals surface area contributed by atoms with Crippen LogP contribution < -0.4 is 9.47 Å².